The molecule has 3 rings (SSSR count). The summed E-state index contributed by atoms with van der Waals surface area (Å²) >= 11 is 0. The van der Waals surface area contributed by atoms with Crippen LogP contribution in [-0.2, 0) is 24.2 Å². The van der Waals surface area contributed by atoms with Crippen molar-refractivity contribution in [1.29, 1.82) is 0 Å². The minimum atomic E-state index is 0.430. The molecule has 1 unspecified atom stereocenters. The number of hydrogen-bond acceptors (Lipinski definition) is 3. The second-order valence-electron chi connectivity index (χ2n) is 5.88. The minimum absolute atomic E-state index is 0.430. The van der Waals surface area contributed by atoms with E-state index in [1.165, 1.54) is 24.2 Å². The van der Waals surface area contributed by atoms with E-state index in [-0.39, 0.29) is 0 Å². The lowest BCUT2D eigenvalue weighted by Crippen LogP contribution is -2.10. The van der Waals surface area contributed by atoms with Crippen LogP contribution in [0.3, 0.4) is 0 Å². The third-order valence-corrected chi connectivity index (χ3v) is 4.29. The maximum absolute atomic E-state index is 5.73. The summed E-state index contributed by atoms with van der Waals surface area (Å²) in [6, 6.07) is 6.40. The first kappa shape index (κ1) is 14.5. The van der Waals surface area contributed by atoms with Crippen LogP contribution in [0.1, 0.15) is 44.0 Å². The Balaban J connectivity index is 1.86. The summed E-state index contributed by atoms with van der Waals surface area (Å²) in [4.78, 5) is 4.85. The third kappa shape index (κ3) is 3.11. The number of aryl methyl sites for hydroxylation is 2. The van der Waals surface area contributed by atoms with Gasteiger partial charge in [-0.05, 0) is 43.4 Å². The summed E-state index contributed by atoms with van der Waals surface area (Å²) in [5.74, 6) is 1.19. The van der Waals surface area contributed by atoms with E-state index in [0.29, 0.717) is 12.6 Å². The van der Waals surface area contributed by atoms with Crippen LogP contribution in [-0.4, -0.2) is 22.3 Å². The average Bonchev–Trinajstić information content (AvgIpc) is 3.13. The molecule has 1 aromatic carbocycles. The largest absolute Gasteiger partial charge is 0.378 e. The van der Waals surface area contributed by atoms with E-state index in [1.54, 1.807) is 0 Å². The highest BCUT2D eigenvalue weighted by molar-refractivity contribution is 5.77. The fraction of sp³-hybridized carbons (Fsp3) is 0.588. The minimum Gasteiger partial charge on any atom is -0.378 e. The number of hydrogen-bond donors (Lipinski definition) is 1. The van der Waals surface area contributed by atoms with Gasteiger partial charge in [-0.1, -0.05) is 13.0 Å². The number of imidazole rings is 1. The van der Waals surface area contributed by atoms with E-state index >= 15 is 0 Å². The van der Waals surface area contributed by atoms with Crippen molar-refractivity contribution in [3.63, 3.8) is 0 Å². The summed E-state index contributed by atoms with van der Waals surface area (Å²) in [7, 11) is 0. The van der Waals surface area contributed by atoms with Gasteiger partial charge in [0.1, 0.15) is 5.82 Å². The van der Waals surface area contributed by atoms with Gasteiger partial charge in [0.05, 0.1) is 17.1 Å². The fourth-order valence-electron chi connectivity index (χ4n) is 3.18. The fourth-order valence-corrected chi connectivity index (χ4v) is 3.18. The Kier molecular flexibility index (Phi) is 4.56. The van der Waals surface area contributed by atoms with Gasteiger partial charge in [-0.3, -0.25) is 0 Å². The van der Waals surface area contributed by atoms with E-state index in [2.05, 4.69) is 29.7 Å². The zero-order valence-corrected chi connectivity index (χ0v) is 12.8. The lowest BCUT2D eigenvalue weighted by atomic mass is 10.1. The van der Waals surface area contributed by atoms with E-state index in [9.17, 15) is 0 Å². The van der Waals surface area contributed by atoms with Crippen LogP contribution in [0, 0.1) is 0 Å². The van der Waals surface area contributed by atoms with Gasteiger partial charge in [0.2, 0.25) is 0 Å². The first-order chi connectivity index (χ1) is 10.3. The molecule has 4 nitrogen and oxygen atoms in total. The highest BCUT2D eigenvalue weighted by Gasteiger charge is 2.17. The SMILES string of the molecule is CCCn1c(CCC2CCCO2)nc2cc(CN)ccc21. The summed E-state index contributed by atoms with van der Waals surface area (Å²) in [5, 5.41) is 0. The van der Waals surface area contributed by atoms with Crippen molar-refractivity contribution in [3.05, 3.63) is 29.6 Å². The summed E-state index contributed by atoms with van der Waals surface area (Å²) < 4.78 is 8.10. The van der Waals surface area contributed by atoms with Crippen molar-refractivity contribution in [3.8, 4) is 0 Å². The van der Waals surface area contributed by atoms with Crippen LogP contribution in [0.2, 0.25) is 0 Å². The smallest absolute Gasteiger partial charge is 0.109 e. The maximum atomic E-state index is 5.73. The van der Waals surface area contributed by atoms with Gasteiger partial charge in [0.25, 0.3) is 0 Å². The number of ether oxygens (including phenoxy) is 1. The normalized spacial score (nSPS) is 18.7. The highest BCUT2D eigenvalue weighted by Crippen LogP contribution is 2.22. The van der Waals surface area contributed by atoms with Crippen molar-refractivity contribution in [2.75, 3.05) is 6.61 Å². The quantitative estimate of drug-likeness (QED) is 0.888. The molecular formula is C17H25N3O. The van der Waals surface area contributed by atoms with Crippen molar-refractivity contribution in [1.82, 2.24) is 9.55 Å². The number of nitrogens with two attached hydrogens (primary N) is 1. The van der Waals surface area contributed by atoms with Crippen LogP contribution >= 0.6 is 0 Å². The number of benzene rings is 1. The molecule has 21 heavy (non-hydrogen) atoms. The second-order valence-corrected chi connectivity index (χ2v) is 5.88. The Bertz CT molecular complexity index is 599. The molecule has 2 N–H and O–H groups in total. The monoisotopic (exact) mass is 287 g/mol. The van der Waals surface area contributed by atoms with Gasteiger partial charge in [-0.2, -0.15) is 0 Å². The van der Waals surface area contributed by atoms with Crippen LogP contribution < -0.4 is 5.73 Å². The van der Waals surface area contributed by atoms with Gasteiger partial charge in [0, 0.05) is 26.1 Å². The molecule has 1 aromatic heterocycles. The van der Waals surface area contributed by atoms with Gasteiger partial charge < -0.3 is 15.0 Å². The van der Waals surface area contributed by atoms with Gasteiger partial charge in [0.15, 0.2) is 0 Å². The van der Waals surface area contributed by atoms with Crippen LogP contribution in [0.25, 0.3) is 11.0 Å². The van der Waals surface area contributed by atoms with Gasteiger partial charge >= 0.3 is 0 Å². The Morgan fingerprint density at radius 2 is 2.33 bits per heavy atom. The van der Waals surface area contributed by atoms with Gasteiger partial charge in [-0.25, -0.2) is 4.98 Å². The third-order valence-electron chi connectivity index (χ3n) is 4.29. The molecule has 0 spiro atoms. The van der Waals surface area contributed by atoms with Crippen LogP contribution in [0.5, 0.6) is 0 Å². The summed E-state index contributed by atoms with van der Waals surface area (Å²) in [6.07, 6.45) is 6.03. The van der Waals surface area contributed by atoms with Crippen LogP contribution in [0.4, 0.5) is 0 Å². The number of aromatic nitrogens is 2. The average molecular weight is 287 g/mol. The molecule has 1 fully saturated rings. The zero-order chi connectivity index (χ0) is 14.7. The Labute approximate surface area is 126 Å². The lowest BCUT2D eigenvalue weighted by Gasteiger charge is -2.11. The second kappa shape index (κ2) is 6.58. The standard InChI is InChI=1S/C17H25N3O/c1-2-9-20-16-7-5-13(12-18)11-15(16)19-17(20)8-6-14-4-3-10-21-14/h5,7,11,14H,2-4,6,8-10,12,18H2,1H3. The molecule has 0 saturated carbocycles. The molecule has 0 bridgehead atoms. The molecule has 2 aromatic rings. The maximum Gasteiger partial charge on any atom is 0.109 e. The van der Waals surface area contributed by atoms with E-state index in [0.717, 1.165) is 43.5 Å². The van der Waals surface area contributed by atoms with Gasteiger partial charge in [-0.15, -0.1) is 0 Å². The van der Waals surface area contributed by atoms with Crippen molar-refractivity contribution in [2.24, 2.45) is 5.73 Å². The zero-order valence-electron chi connectivity index (χ0n) is 12.8. The Morgan fingerprint density at radius 3 is 3.05 bits per heavy atom. The Morgan fingerprint density at radius 1 is 1.43 bits per heavy atom. The van der Waals surface area contributed by atoms with E-state index in [4.69, 9.17) is 15.5 Å². The molecule has 1 saturated heterocycles. The Hall–Kier alpha value is -1.39. The van der Waals surface area contributed by atoms with E-state index < -0.39 is 0 Å². The molecule has 2 heterocycles. The first-order valence-electron chi connectivity index (χ1n) is 8.11. The van der Waals surface area contributed by atoms with Crippen molar-refractivity contribution >= 4 is 11.0 Å². The molecule has 0 radical (unpaired) electrons. The number of fused-ring (bicyclic) bond motifs is 1. The topological polar surface area (TPSA) is 53.1 Å². The molecule has 0 aliphatic carbocycles. The molecule has 4 heteroatoms. The number of nitrogens with zero attached hydrogens (tertiary/aromatic N) is 2. The molecule has 1 atom stereocenters. The predicted octanol–water partition coefficient (Wildman–Crippen LogP) is 3.02. The lowest BCUT2D eigenvalue weighted by molar-refractivity contribution is 0.104. The van der Waals surface area contributed by atoms with E-state index in [1.807, 2.05) is 0 Å². The molecule has 1 aliphatic rings. The molecular weight excluding hydrogens is 262 g/mol. The first-order valence-corrected chi connectivity index (χ1v) is 8.11. The van der Waals surface area contributed by atoms with Crippen molar-refractivity contribution in [2.45, 2.75) is 58.2 Å². The number of rotatable bonds is 6. The molecule has 0 amide bonds. The molecule has 114 valence electrons. The highest BCUT2D eigenvalue weighted by atomic mass is 16.5. The van der Waals surface area contributed by atoms with Crippen molar-refractivity contribution < 1.29 is 4.74 Å². The summed E-state index contributed by atoms with van der Waals surface area (Å²) in [5.41, 5.74) is 9.19. The molecule has 1 aliphatic heterocycles. The summed E-state index contributed by atoms with van der Waals surface area (Å²) in [6.45, 7) is 4.74. The predicted molar refractivity (Wildman–Crippen MR) is 85.2 cm³/mol. The van der Waals surface area contributed by atoms with Crippen LogP contribution in [0.15, 0.2) is 18.2 Å².